The van der Waals surface area contributed by atoms with E-state index in [4.69, 9.17) is 4.74 Å². The van der Waals surface area contributed by atoms with Gasteiger partial charge in [0, 0.05) is 18.2 Å². The van der Waals surface area contributed by atoms with Gasteiger partial charge in [-0.15, -0.1) is 0 Å². The first-order chi connectivity index (χ1) is 11.4. The van der Waals surface area contributed by atoms with Crippen LogP contribution in [0.3, 0.4) is 0 Å². The van der Waals surface area contributed by atoms with Gasteiger partial charge in [-0.25, -0.2) is 4.79 Å². The molecule has 6 nitrogen and oxygen atoms in total. The summed E-state index contributed by atoms with van der Waals surface area (Å²) in [6.07, 6.45) is 3.96. The lowest BCUT2D eigenvalue weighted by molar-refractivity contribution is -0.149. The molecule has 1 aliphatic carbocycles. The number of carbonyl (C=O) groups excluding carboxylic acids is 3. The summed E-state index contributed by atoms with van der Waals surface area (Å²) in [7, 11) is 1.34. The van der Waals surface area contributed by atoms with Crippen molar-refractivity contribution in [2.45, 2.75) is 51.5 Å². The van der Waals surface area contributed by atoms with Crippen LogP contribution in [0.4, 0.5) is 5.69 Å². The second-order valence-corrected chi connectivity index (χ2v) is 6.30. The van der Waals surface area contributed by atoms with E-state index in [-0.39, 0.29) is 11.8 Å². The van der Waals surface area contributed by atoms with E-state index < -0.39 is 11.5 Å². The van der Waals surface area contributed by atoms with E-state index in [0.717, 1.165) is 24.8 Å². The summed E-state index contributed by atoms with van der Waals surface area (Å²) in [4.78, 5) is 36.2. The maximum Gasteiger partial charge on any atom is 0.331 e. The minimum Gasteiger partial charge on any atom is -0.467 e. The van der Waals surface area contributed by atoms with E-state index in [1.807, 2.05) is 6.92 Å². The molecular weight excluding hydrogens is 308 g/mol. The Morgan fingerprint density at radius 3 is 2.38 bits per heavy atom. The number of rotatable bonds is 4. The molecule has 0 atom stereocenters. The fourth-order valence-electron chi connectivity index (χ4n) is 3.11. The van der Waals surface area contributed by atoms with E-state index in [1.54, 1.807) is 18.2 Å². The molecule has 6 heteroatoms. The Morgan fingerprint density at radius 1 is 1.12 bits per heavy atom. The van der Waals surface area contributed by atoms with Crippen LogP contribution in [0.5, 0.6) is 0 Å². The monoisotopic (exact) mass is 332 g/mol. The molecule has 2 N–H and O–H groups in total. The first kappa shape index (κ1) is 18.0. The van der Waals surface area contributed by atoms with Crippen LogP contribution in [-0.4, -0.2) is 30.4 Å². The molecule has 0 bridgehead atoms. The number of esters is 1. The van der Waals surface area contributed by atoms with Gasteiger partial charge in [-0.2, -0.15) is 0 Å². The van der Waals surface area contributed by atoms with E-state index in [9.17, 15) is 14.4 Å². The number of carbonyl (C=O) groups is 3. The molecule has 0 heterocycles. The maximum atomic E-state index is 12.7. The highest BCUT2D eigenvalue weighted by molar-refractivity contribution is 6.00. The van der Waals surface area contributed by atoms with Crippen molar-refractivity contribution in [3.05, 3.63) is 29.3 Å². The van der Waals surface area contributed by atoms with Gasteiger partial charge in [-0.1, -0.05) is 25.3 Å². The molecule has 1 aliphatic rings. The third kappa shape index (κ3) is 3.93. The van der Waals surface area contributed by atoms with Crippen LogP contribution in [0.1, 0.15) is 54.9 Å². The van der Waals surface area contributed by atoms with Crippen molar-refractivity contribution in [3.8, 4) is 0 Å². The minimum atomic E-state index is -0.955. The fourth-order valence-corrected chi connectivity index (χ4v) is 3.11. The molecule has 1 aromatic carbocycles. The number of aryl methyl sites for hydroxylation is 1. The van der Waals surface area contributed by atoms with Gasteiger partial charge in [0.1, 0.15) is 5.54 Å². The SMILES string of the molecule is COC(=O)C1(NC(=O)c2ccc(C)c(NC(C)=O)c2)CCCCC1. The fraction of sp³-hybridized carbons (Fsp3) is 0.500. The van der Waals surface area contributed by atoms with Crippen molar-refractivity contribution in [1.29, 1.82) is 0 Å². The van der Waals surface area contributed by atoms with Crippen molar-refractivity contribution >= 4 is 23.5 Å². The average molecular weight is 332 g/mol. The Bertz CT molecular complexity index is 648. The van der Waals surface area contributed by atoms with Gasteiger partial charge in [0.2, 0.25) is 5.91 Å². The third-order valence-corrected chi connectivity index (χ3v) is 4.45. The highest BCUT2D eigenvalue weighted by Crippen LogP contribution is 2.30. The Balaban J connectivity index is 2.24. The molecule has 0 spiro atoms. The van der Waals surface area contributed by atoms with Crippen LogP contribution in [0, 0.1) is 6.92 Å². The Hall–Kier alpha value is -2.37. The van der Waals surface area contributed by atoms with Crippen molar-refractivity contribution in [2.24, 2.45) is 0 Å². The lowest BCUT2D eigenvalue weighted by Crippen LogP contribution is -2.56. The number of benzene rings is 1. The summed E-state index contributed by atoms with van der Waals surface area (Å²) in [5.74, 6) is -0.937. The Kier molecular flexibility index (Phi) is 5.59. The summed E-state index contributed by atoms with van der Waals surface area (Å²) in [5, 5.41) is 5.58. The largest absolute Gasteiger partial charge is 0.467 e. The Morgan fingerprint density at radius 2 is 1.79 bits per heavy atom. The van der Waals surface area contributed by atoms with Crippen molar-refractivity contribution < 1.29 is 19.1 Å². The second kappa shape index (κ2) is 7.47. The quantitative estimate of drug-likeness (QED) is 0.830. The number of amides is 2. The van der Waals surface area contributed by atoms with Crippen molar-refractivity contribution in [3.63, 3.8) is 0 Å². The standard InChI is InChI=1S/C18H24N2O4/c1-12-7-8-14(11-15(12)19-13(2)21)16(22)20-18(17(23)24-3)9-5-4-6-10-18/h7-8,11H,4-6,9-10H2,1-3H3,(H,19,21)(H,20,22). The van der Waals surface area contributed by atoms with Crippen LogP contribution in [0.15, 0.2) is 18.2 Å². The maximum absolute atomic E-state index is 12.7. The molecule has 1 fully saturated rings. The predicted octanol–water partition coefficient (Wildman–Crippen LogP) is 2.56. The normalized spacial score (nSPS) is 16.1. The summed E-state index contributed by atoms with van der Waals surface area (Å²) in [6.45, 7) is 3.27. The number of methoxy groups -OCH3 is 1. The average Bonchev–Trinajstić information content (AvgIpc) is 2.56. The summed E-state index contributed by atoms with van der Waals surface area (Å²) >= 11 is 0. The second-order valence-electron chi connectivity index (χ2n) is 6.30. The summed E-state index contributed by atoms with van der Waals surface area (Å²) in [6, 6.07) is 5.08. The van der Waals surface area contributed by atoms with E-state index in [0.29, 0.717) is 24.1 Å². The van der Waals surface area contributed by atoms with Gasteiger partial charge in [-0.05, 0) is 37.5 Å². The third-order valence-electron chi connectivity index (χ3n) is 4.45. The van der Waals surface area contributed by atoms with Crippen molar-refractivity contribution in [2.75, 3.05) is 12.4 Å². The smallest absolute Gasteiger partial charge is 0.331 e. The molecule has 2 rings (SSSR count). The summed E-state index contributed by atoms with van der Waals surface area (Å²) < 4.78 is 4.91. The van der Waals surface area contributed by atoms with E-state index in [2.05, 4.69) is 10.6 Å². The van der Waals surface area contributed by atoms with Crippen LogP contribution >= 0.6 is 0 Å². The molecule has 0 radical (unpaired) electrons. The topological polar surface area (TPSA) is 84.5 Å². The molecule has 0 saturated heterocycles. The number of hydrogen-bond acceptors (Lipinski definition) is 4. The zero-order valence-corrected chi connectivity index (χ0v) is 14.4. The molecule has 130 valence electrons. The van der Waals surface area contributed by atoms with Gasteiger partial charge in [-0.3, -0.25) is 9.59 Å². The number of nitrogens with one attached hydrogen (secondary N) is 2. The predicted molar refractivity (Wildman–Crippen MR) is 90.8 cm³/mol. The van der Waals surface area contributed by atoms with E-state index in [1.165, 1.54) is 14.0 Å². The summed E-state index contributed by atoms with van der Waals surface area (Å²) in [5.41, 5.74) is 0.898. The molecule has 1 saturated carbocycles. The molecular formula is C18H24N2O4. The van der Waals surface area contributed by atoms with Crippen LogP contribution in [-0.2, 0) is 14.3 Å². The van der Waals surface area contributed by atoms with E-state index >= 15 is 0 Å². The first-order valence-corrected chi connectivity index (χ1v) is 8.17. The lowest BCUT2D eigenvalue weighted by atomic mass is 9.81. The van der Waals surface area contributed by atoms with Gasteiger partial charge >= 0.3 is 5.97 Å². The highest BCUT2D eigenvalue weighted by Gasteiger charge is 2.42. The van der Waals surface area contributed by atoms with Crippen molar-refractivity contribution in [1.82, 2.24) is 5.32 Å². The van der Waals surface area contributed by atoms with Crippen LogP contribution in [0.25, 0.3) is 0 Å². The lowest BCUT2D eigenvalue weighted by Gasteiger charge is -2.35. The highest BCUT2D eigenvalue weighted by atomic mass is 16.5. The molecule has 0 unspecified atom stereocenters. The van der Waals surface area contributed by atoms with Gasteiger partial charge in [0.15, 0.2) is 0 Å². The molecule has 1 aromatic rings. The first-order valence-electron chi connectivity index (χ1n) is 8.17. The Labute approximate surface area is 142 Å². The van der Waals surface area contributed by atoms with Gasteiger partial charge in [0.25, 0.3) is 5.91 Å². The van der Waals surface area contributed by atoms with Crippen LogP contribution < -0.4 is 10.6 Å². The molecule has 0 aliphatic heterocycles. The number of ether oxygens (including phenoxy) is 1. The number of hydrogen-bond donors (Lipinski definition) is 2. The molecule has 24 heavy (non-hydrogen) atoms. The van der Waals surface area contributed by atoms with Gasteiger partial charge in [0.05, 0.1) is 7.11 Å². The molecule has 0 aromatic heterocycles. The zero-order valence-electron chi connectivity index (χ0n) is 14.4. The molecule has 2 amide bonds. The zero-order chi connectivity index (χ0) is 17.7. The number of anilines is 1. The van der Waals surface area contributed by atoms with Crippen LogP contribution in [0.2, 0.25) is 0 Å². The minimum absolute atomic E-state index is 0.200. The van der Waals surface area contributed by atoms with Gasteiger partial charge < -0.3 is 15.4 Å².